The zero-order chi connectivity index (χ0) is 16.6. The summed E-state index contributed by atoms with van der Waals surface area (Å²) < 4.78 is 3.37. The molecule has 122 valence electrons. The topological polar surface area (TPSA) is 37.3 Å². The van der Waals surface area contributed by atoms with Gasteiger partial charge in [-0.2, -0.15) is 0 Å². The number of hydrogen-bond donors (Lipinski definition) is 1. The van der Waals surface area contributed by atoms with Crippen LogP contribution in [0.3, 0.4) is 0 Å². The fraction of sp³-hybridized carbons (Fsp3) is 0.389. The van der Waals surface area contributed by atoms with E-state index in [1.165, 1.54) is 11.4 Å². The highest BCUT2D eigenvalue weighted by Gasteiger charge is 2.30. The van der Waals surface area contributed by atoms with Crippen LogP contribution in [0.25, 0.3) is 0 Å². The van der Waals surface area contributed by atoms with Crippen molar-refractivity contribution in [3.63, 3.8) is 0 Å². The average molecular weight is 376 g/mol. The second-order valence-electron chi connectivity index (χ2n) is 6.06. The van der Waals surface area contributed by atoms with Crippen molar-refractivity contribution in [3.8, 4) is 0 Å². The molecular weight excluding hydrogens is 354 g/mol. The third-order valence-electron chi connectivity index (χ3n) is 4.57. The summed E-state index contributed by atoms with van der Waals surface area (Å²) in [6.45, 7) is 7.87. The molecule has 2 aromatic rings. The molecule has 23 heavy (non-hydrogen) atoms. The fourth-order valence-corrected chi connectivity index (χ4v) is 3.55. The Morgan fingerprint density at radius 2 is 2.04 bits per heavy atom. The number of amides is 2. The maximum absolute atomic E-state index is 12.7. The van der Waals surface area contributed by atoms with E-state index < -0.39 is 0 Å². The van der Waals surface area contributed by atoms with Crippen molar-refractivity contribution in [1.29, 1.82) is 0 Å². The summed E-state index contributed by atoms with van der Waals surface area (Å²) >= 11 is 3.49. The first-order valence-corrected chi connectivity index (χ1v) is 8.80. The van der Waals surface area contributed by atoms with E-state index in [1.54, 1.807) is 0 Å². The third kappa shape index (κ3) is 3.02. The van der Waals surface area contributed by atoms with Gasteiger partial charge in [0.1, 0.15) is 0 Å². The maximum Gasteiger partial charge on any atom is 0.322 e. The number of urea groups is 1. The van der Waals surface area contributed by atoms with E-state index in [2.05, 4.69) is 51.8 Å². The van der Waals surface area contributed by atoms with Gasteiger partial charge < -0.3 is 14.8 Å². The number of aryl methyl sites for hydroxylation is 2. The lowest BCUT2D eigenvalue weighted by molar-refractivity contribution is 0.165. The first-order chi connectivity index (χ1) is 11.0. The number of carbonyl (C=O) groups is 1. The molecule has 2 amide bonds. The first kappa shape index (κ1) is 16.1. The van der Waals surface area contributed by atoms with Gasteiger partial charge in [-0.05, 0) is 56.2 Å². The number of rotatable bonds is 2. The van der Waals surface area contributed by atoms with Gasteiger partial charge in [0.2, 0.25) is 0 Å². The van der Waals surface area contributed by atoms with Crippen LogP contribution >= 0.6 is 15.9 Å². The van der Waals surface area contributed by atoms with E-state index in [9.17, 15) is 4.79 Å². The van der Waals surface area contributed by atoms with Crippen molar-refractivity contribution < 1.29 is 4.79 Å². The van der Waals surface area contributed by atoms with Gasteiger partial charge in [0.05, 0.1) is 6.04 Å². The van der Waals surface area contributed by atoms with E-state index in [1.807, 2.05) is 30.0 Å². The molecule has 0 fully saturated rings. The number of nitrogens with zero attached hydrogens (tertiary/aromatic N) is 2. The van der Waals surface area contributed by atoms with E-state index in [4.69, 9.17) is 0 Å². The minimum atomic E-state index is -0.0244. The fourth-order valence-electron chi connectivity index (χ4n) is 3.30. The Kier molecular flexibility index (Phi) is 4.48. The Balaban J connectivity index is 1.80. The monoisotopic (exact) mass is 375 g/mol. The summed E-state index contributed by atoms with van der Waals surface area (Å²) in [6.07, 6.45) is 0.913. The molecule has 5 heteroatoms. The Bertz CT molecular complexity index is 738. The van der Waals surface area contributed by atoms with Crippen LogP contribution in [0.1, 0.15) is 36.3 Å². The van der Waals surface area contributed by atoms with E-state index >= 15 is 0 Å². The standard InChI is InChI=1S/C18H22BrN3O/c1-4-16-17-8-5-13(3)21(17)9-10-22(16)18(23)20-14-6-7-15(19)12(2)11-14/h5-8,11,16H,4,9-10H2,1-3H3,(H,20,23)/t16-/m0/s1. The summed E-state index contributed by atoms with van der Waals surface area (Å²) in [7, 11) is 0. The second-order valence-corrected chi connectivity index (χ2v) is 6.92. The van der Waals surface area contributed by atoms with Gasteiger partial charge in [-0.3, -0.25) is 0 Å². The largest absolute Gasteiger partial charge is 0.345 e. The molecule has 0 aliphatic carbocycles. The molecule has 1 aromatic heterocycles. The normalized spacial score (nSPS) is 17.0. The number of hydrogen-bond acceptors (Lipinski definition) is 1. The van der Waals surface area contributed by atoms with Crippen LogP contribution < -0.4 is 5.32 Å². The van der Waals surface area contributed by atoms with Crippen LogP contribution in [0.15, 0.2) is 34.8 Å². The number of aromatic nitrogens is 1. The first-order valence-electron chi connectivity index (χ1n) is 8.01. The van der Waals surface area contributed by atoms with Crippen molar-refractivity contribution in [2.24, 2.45) is 0 Å². The number of fused-ring (bicyclic) bond motifs is 1. The van der Waals surface area contributed by atoms with Gasteiger partial charge in [0.15, 0.2) is 0 Å². The van der Waals surface area contributed by atoms with Crippen LogP contribution in [0.4, 0.5) is 10.5 Å². The summed E-state index contributed by atoms with van der Waals surface area (Å²) in [5.41, 5.74) is 4.45. The molecule has 0 unspecified atom stereocenters. The maximum atomic E-state index is 12.7. The van der Waals surface area contributed by atoms with Crippen molar-refractivity contribution in [2.75, 3.05) is 11.9 Å². The minimum Gasteiger partial charge on any atom is -0.345 e. The quantitative estimate of drug-likeness (QED) is 0.798. The Labute approximate surface area is 145 Å². The molecule has 4 nitrogen and oxygen atoms in total. The molecule has 1 aliphatic heterocycles. The zero-order valence-electron chi connectivity index (χ0n) is 13.8. The number of nitrogens with one attached hydrogen (secondary N) is 1. The highest BCUT2D eigenvalue weighted by Crippen LogP contribution is 2.31. The van der Waals surface area contributed by atoms with E-state index in [0.29, 0.717) is 0 Å². The summed E-state index contributed by atoms with van der Waals surface area (Å²) in [6, 6.07) is 10.3. The van der Waals surface area contributed by atoms with Gasteiger partial charge in [-0.1, -0.05) is 22.9 Å². The molecule has 1 aliphatic rings. The number of benzene rings is 1. The summed E-state index contributed by atoms with van der Waals surface area (Å²) in [4.78, 5) is 14.7. The zero-order valence-corrected chi connectivity index (χ0v) is 15.4. The SMILES string of the molecule is CC[C@H]1c2ccc(C)n2CCN1C(=O)Nc1ccc(Br)c(C)c1. The number of anilines is 1. The van der Waals surface area contributed by atoms with Crippen LogP contribution in [0, 0.1) is 13.8 Å². The molecule has 0 bridgehead atoms. The van der Waals surface area contributed by atoms with Crippen molar-refractivity contribution in [2.45, 2.75) is 39.8 Å². The molecule has 0 spiro atoms. The molecule has 0 radical (unpaired) electrons. The lowest BCUT2D eigenvalue weighted by Crippen LogP contribution is -2.44. The van der Waals surface area contributed by atoms with Gasteiger partial charge in [0, 0.05) is 34.6 Å². The van der Waals surface area contributed by atoms with Gasteiger partial charge in [-0.15, -0.1) is 0 Å². The smallest absolute Gasteiger partial charge is 0.322 e. The number of halogens is 1. The molecular formula is C18H22BrN3O. The molecule has 2 heterocycles. The van der Waals surface area contributed by atoms with Crippen molar-refractivity contribution in [1.82, 2.24) is 9.47 Å². The molecule has 1 atom stereocenters. The minimum absolute atomic E-state index is 0.0244. The van der Waals surface area contributed by atoms with Gasteiger partial charge in [0.25, 0.3) is 0 Å². The van der Waals surface area contributed by atoms with Gasteiger partial charge >= 0.3 is 6.03 Å². The summed E-state index contributed by atoms with van der Waals surface area (Å²) in [5, 5.41) is 3.04. The Morgan fingerprint density at radius 3 is 2.74 bits per heavy atom. The van der Waals surface area contributed by atoms with E-state index in [-0.39, 0.29) is 12.1 Å². The third-order valence-corrected chi connectivity index (χ3v) is 5.46. The lowest BCUT2D eigenvalue weighted by atomic mass is 10.1. The lowest BCUT2D eigenvalue weighted by Gasteiger charge is -2.37. The predicted octanol–water partition coefficient (Wildman–Crippen LogP) is 4.87. The molecule has 0 saturated carbocycles. The molecule has 3 rings (SSSR count). The molecule has 0 saturated heterocycles. The predicted molar refractivity (Wildman–Crippen MR) is 96.8 cm³/mol. The van der Waals surface area contributed by atoms with Gasteiger partial charge in [-0.25, -0.2) is 4.79 Å². The Hall–Kier alpha value is -1.75. The average Bonchev–Trinajstić information content (AvgIpc) is 2.91. The van der Waals surface area contributed by atoms with Crippen LogP contribution in [-0.2, 0) is 6.54 Å². The molecule has 1 aromatic carbocycles. The second kappa shape index (κ2) is 6.40. The van der Waals surface area contributed by atoms with E-state index in [0.717, 1.165) is 35.2 Å². The van der Waals surface area contributed by atoms with Crippen LogP contribution in [0.2, 0.25) is 0 Å². The Morgan fingerprint density at radius 1 is 1.26 bits per heavy atom. The highest BCUT2D eigenvalue weighted by molar-refractivity contribution is 9.10. The van der Waals surface area contributed by atoms with Crippen LogP contribution in [0.5, 0.6) is 0 Å². The van der Waals surface area contributed by atoms with Crippen LogP contribution in [-0.4, -0.2) is 22.0 Å². The molecule has 1 N–H and O–H groups in total. The number of carbonyl (C=O) groups excluding carboxylic acids is 1. The highest BCUT2D eigenvalue weighted by atomic mass is 79.9. The van der Waals surface area contributed by atoms with Crippen molar-refractivity contribution >= 4 is 27.6 Å². The summed E-state index contributed by atoms with van der Waals surface area (Å²) in [5.74, 6) is 0. The van der Waals surface area contributed by atoms with Crippen molar-refractivity contribution in [3.05, 3.63) is 51.8 Å².